The molecule has 4 heterocycles. The van der Waals surface area contributed by atoms with Crippen LogP contribution in [0.3, 0.4) is 0 Å². The van der Waals surface area contributed by atoms with E-state index in [4.69, 9.17) is 0 Å². The molecule has 0 radical (unpaired) electrons. The third-order valence-electron chi connectivity index (χ3n) is 5.44. The number of pyridine rings is 2. The predicted octanol–water partition coefficient (Wildman–Crippen LogP) is 1.76. The Morgan fingerprint density at radius 1 is 1.28 bits per heavy atom. The van der Waals surface area contributed by atoms with E-state index in [1.807, 2.05) is 37.1 Å². The maximum Gasteiger partial charge on any atom is 0.253 e. The minimum Gasteiger partial charge on any atom is -0.370 e. The highest BCUT2D eigenvalue weighted by atomic mass is 16.2. The van der Waals surface area contributed by atoms with Gasteiger partial charge in [0.05, 0.1) is 18.4 Å². The van der Waals surface area contributed by atoms with E-state index in [-0.39, 0.29) is 11.5 Å². The van der Waals surface area contributed by atoms with E-state index >= 15 is 0 Å². The van der Waals surface area contributed by atoms with Gasteiger partial charge in [-0.05, 0) is 37.1 Å². The first-order valence-electron chi connectivity index (χ1n) is 8.67. The number of fused-ring (bicyclic) bond motifs is 1. The summed E-state index contributed by atoms with van der Waals surface area (Å²) in [6.07, 6.45) is 4.16. The largest absolute Gasteiger partial charge is 0.370 e. The summed E-state index contributed by atoms with van der Waals surface area (Å²) < 4.78 is 0. The third kappa shape index (κ3) is 2.81. The van der Waals surface area contributed by atoms with Crippen molar-refractivity contribution in [2.75, 3.05) is 18.0 Å². The van der Waals surface area contributed by atoms with Crippen molar-refractivity contribution in [3.05, 3.63) is 57.3 Å². The summed E-state index contributed by atoms with van der Waals surface area (Å²) in [5.41, 5.74) is 4.82. The average Bonchev–Trinajstić information content (AvgIpc) is 3.02. The molecule has 2 aliphatic heterocycles. The minimum absolute atomic E-state index is 0.0557. The first-order chi connectivity index (χ1) is 12.0. The molecule has 1 N–H and O–H groups in total. The van der Waals surface area contributed by atoms with Gasteiger partial charge in [0.15, 0.2) is 0 Å². The number of amides is 1. The van der Waals surface area contributed by atoms with Crippen molar-refractivity contribution >= 4 is 11.6 Å². The van der Waals surface area contributed by atoms with E-state index in [9.17, 15) is 9.59 Å². The zero-order valence-corrected chi connectivity index (χ0v) is 14.6. The first kappa shape index (κ1) is 15.9. The summed E-state index contributed by atoms with van der Waals surface area (Å²) in [6, 6.07) is 3.97. The molecule has 4 rings (SSSR count). The van der Waals surface area contributed by atoms with Crippen LogP contribution >= 0.6 is 0 Å². The van der Waals surface area contributed by atoms with Gasteiger partial charge in [-0.3, -0.25) is 14.6 Å². The molecule has 0 atom stereocenters. The monoisotopic (exact) mass is 338 g/mol. The molecule has 1 fully saturated rings. The van der Waals surface area contributed by atoms with Gasteiger partial charge in [0, 0.05) is 49.4 Å². The highest BCUT2D eigenvalue weighted by Crippen LogP contribution is 2.29. The quantitative estimate of drug-likeness (QED) is 0.926. The number of aryl methyl sites for hydroxylation is 1. The van der Waals surface area contributed by atoms with Gasteiger partial charge >= 0.3 is 0 Å². The molecule has 0 unspecified atom stereocenters. The Labute approximate surface area is 146 Å². The number of nitrogens with zero attached hydrogens (tertiary/aromatic N) is 3. The summed E-state index contributed by atoms with van der Waals surface area (Å²) >= 11 is 0. The normalized spacial score (nSPS) is 16.7. The molecule has 6 heteroatoms. The molecule has 0 saturated carbocycles. The van der Waals surface area contributed by atoms with E-state index in [1.165, 1.54) is 0 Å². The molecular weight excluding hydrogens is 316 g/mol. The summed E-state index contributed by atoms with van der Waals surface area (Å²) in [5.74, 6) is 0.515. The number of hydrogen-bond acceptors (Lipinski definition) is 4. The minimum atomic E-state index is -0.0557. The fraction of sp³-hybridized carbons (Fsp3) is 0.421. The Balaban J connectivity index is 1.37. The topological polar surface area (TPSA) is 69.3 Å². The van der Waals surface area contributed by atoms with Crippen LogP contribution in [0.1, 0.15) is 28.8 Å². The third-order valence-corrected chi connectivity index (χ3v) is 5.44. The molecule has 0 aromatic carbocycles. The lowest BCUT2D eigenvalue weighted by Gasteiger charge is -2.41. The van der Waals surface area contributed by atoms with Gasteiger partial charge in [-0.2, -0.15) is 0 Å². The zero-order chi connectivity index (χ0) is 17.6. The van der Waals surface area contributed by atoms with E-state index in [0.29, 0.717) is 25.4 Å². The van der Waals surface area contributed by atoms with Crippen LogP contribution in [0, 0.1) is 19.8 Å². The number of rotatable bonds is 3. The maximum atomic E-state index is 12.7. The van der Waals surface area contributed by atoms with E-state index in [0.717, 1.165) is 41.2 Å². The molecule has 0 bridgehead atoms. The molecule has 2 aromatic heterocycles. The van der Waals surface area contributed by atoms with Crippen molar-refractivity contribution in [2.45, 2.75) is 33.4 Å². The van der Waals surface area contributed by atoms with Crippen molar-refractivity contribution in [2.24, 2.45) is 5.92 Å². The fourth-order valence-corrected chi connectivity index (χ4v) is 3.75. The second kappa shape index (κ2) is 6.02. The molecule has 2 aromatic rings. The Morgan fingerprint density at radius 3 is 2.76 bits per heavy atom. The lowest BCUT2D eigenvalue weighted by Crippen LogP contribution is -2.48. The van der Waals surface area contributed by atoms with E-state index < -0.39 is 0 Å². The Kier molecular flexibility index (Phi) is 3.82. The maximum absolute atomic E-state index is 12.7. The van der Waals surface area contributed by atoms with Crippen molar-refractivity contribution in [1.29, 1.82) is 0 Å². The Bertz CT molecular complexity index is 869. The molecule has 0 spiro atoms. The summed E-state index contributed by atoms with van der Waals surface area (Å²) in [5, 5.41) is 0. The van der Waals surface area contributed by atoms with Crippen molar-refractivity contribution in [3.63, 3.8) is 0 Å². The molecular formula is C19H22N4O2. The number of aromatic amines is 1. The number of aromatic nitrogens is 2. The summed E-state index contributed by atoms with van der Waals surface area (Å²) in [6.45, 7) is 6.68. The molecule has 1 amide bonds. The second-order valence-corrected chi connectivity index (χ2v) is 7.10. The van der Waals surface area contributed by atoms with Gasteiger partial charge in [0.2, 0.25) is 5.91 Å². The highest BCUT2D eigenvalue weighted by Gasteiger charge is 2.33. The second-order valence-electron chi connectivity index (χ2n) is 7.10. The number of nitrogens with one attached hydrogen (secondary N) is 1. The molecule has 6 nitrogen and oxygen atoms in total. The SMILES string of the molecule is Cc1[nH]c(=O)c2c(c1C)CN(C(=O)CC1CN(c3cccnc3)C1)C2. The number of hydrogen-bond donors (Lipinski definition) is 1. The van der Waals surface area contributed by atoms with Crippen LogP contribution in [0.15, 0.2) is 29.3 Å². The van der Waals surface area contributed by atoms with Crippen LogP contribution < -0.4 is 10.5 Å². The summed E-state index contributed by atoms with van der Waals surface area (Å²) in [4.78, 5) is 35.9. The average molecular weight is 338 g/mol. The smallest absolute Gasteiger partial charge is 0.253 e. The molecule has 25 heavy (non-hydrogen) atoms. The predicted molar refractivity (Wildman–Crippen MR) is 95.3 cm³/mol. The van der Waals surface area contributed by atoms with Crippen LogP contribution in [0.5, 0.6) is 0 Å². The van der Waals surface area contributed by atoms with Gasteiger partial charge in [-0.25, -0.2) is 0 Å². The van der Waals surface area contributed by atoms with Crippen molar-refractivity contribution in [1.82, 2.24) is 14.9 Å². The number of carbonyl (C=O) groups excluding carboxylic acids is 1. The number of carbonyl (C=O) groups is 1. The lowest BCUT2D eigenvalue weighted by molar-refractivity contribution is -0.133. The van der Waals surface area contributed by atoms with Crippen molar-refractivity contribution in [3.8, 4) is 0 Å². The molecule has 2 aliphatic rings. The van der Waals surface area contributed by atoms with E-state index in [2.05, 4.69) is 14.9 Å². The summed E-state index contributed by atoms with van der Waals surface area (Å²) in [7, 11) is 0. The lowest BCUT2D eigenvalue weighted by atomic mass is 9.95. The number of H-pyrrole nitrogens is 1. The van der Waals surface area contributed by atoms with Crippen LogP contribution in [-0.2, 0) is 17.9 Å². The van der Waals surface area contributed by atoms with Gasteiger partial charge in [0.1, 0.15) is 0 Å². The van der Waals surface area contributed by atoms with Crippen LogP contribution in [0.25, 0.3) is 0 Å². The molecule has 1 saturated heterocycles. The Hall–Kier alpha value is -2.63. The molecule has 0 aliphatic carbocycles. The zero-order valence-electron chi connectivity index (χ0n) is 14.6. The van der Waals surface area contributed by atoms with Crippen LogP contribution in [0.2, 0.25) is 0 Å². The molecule has 130 valence electrons. The fourth-order valence-electron chi connectivity index (χ4n) is 3.75. The first-order valence-corrected chi connectivity index (χ1v) is 8.67. The van der Waals surface area contributed by atoms with Gasteiger partial charge in [0.25, 0.3) is 5.56 Å². The van der Waals surface area contributed by atoms with Crippen LogP contribution in [0.4, 0.5) is 5.69 Å². The highest BCUT2D eigenvalue weighted by molar-refractivity contribution is 5.77. The van der Waals surface area contributed by atoms with Gasteiger partial charge < -0.3 is 14.8 Å². The Morgan fingerprint density at radius 2 is 2.04 bits per heavy atom. The van der Waals surface area contributed by atoms with E-state index in [1.54, 1.807) is 6.20 Å². The van der Waals surface area contributed by atoms with Crippen LogP contribution in [-0.4, -0.2) is 33.9 Å². The van der Waals surface area contributed by atoms with Gasteiger partial charge in [-0.1, -0.05) is 0 Å². The standard InChI is InChI=1S/C19H22N4O2/c1-12-13(2)21-19(25)17-11-23(10-16(12)17)18(24)6-14-8-22(9-14)15-4-3-5-20-7-15/h3-5,7,14H,6,8-11H2,1-2H3,(H,21,25). The number of anilines is 1. The van der Waals surface area contributed by atoms with Gasteiger partial charge in [-0.15, -0.1) is 0 Å². The van der Waals surface area contributed by atoms with Crippen molar-refractivity contribution < 1.29 is 4.79 Å².